The number of nitrogens with zero attached hydrogens (tertiary/aromatic N) is 6. The maximum Gasteiger partial charge on any atom is 0.240 e. The zero-order valence-corrected chi connectivity index (χ0v) is 23.5. The van der Waals surface area contributed by atoms with Crippen molar-refractivity contribution in [3.05, 3.63) is 47.9 Å². The highest BCUT2D eigenvalue weighted by molar-refractivity contribution is 5.46. The topological polar surface area (TPSA) is 122 Å². The van der Waals surface area contributed by atoms with E-state index in [1.54, 1.807) is 6.07 Å². The Hall–Kier alpha value is -3.62. The molecule has 5 atom stereocenters. The second-order valence-electron chi connectivity index (χ2n) is 11.5. The maximum atomic E-state index is 14.1. The van der Waals surface area contributed by atoms with Crippen LogP contribution in [0, 0.1) is 11.3 Å². The minimum Gasteiger partial charge on any atom is -0.474 e. The van der Waals surface area contributed by atoms with E-state index in [-0.39, 0.29) is 41.4 Å². The predicted octanol–water partition coefficient (Wildman–Crippen LogP) is 4.22. The van der Waals surface area contributed by atoms with Crippen molar-refractivity contribution in [3.8, 4) is 29.5 Å². The Kier molecular flexibility index (Phi) is 7.86. The first kappa shape index (κ1) is 27.5. The quantitative estimate of drug-likeness (QED) is 0.406. The van der Waals surface area contributed by atoms with Gasteiger partial charge in [0.05, 0.1) is 24.0 Å². The van der Waals surface area contributed by atoms with E-state index in [0.29, 0.717) is 43.5 Å². The second-order valence-corrected chi connectivity index (χ2v) is 11.5. The maximum absolute atomic E-state index is 14.1. The van der Waals surface area contributed by atoms with Gasteiger partial charge < -0.3 is 19.3 Å². The molecule has 1 aromatic carbocycles. The summed E-state index contributed by atoms with van der Waals surface area (Å²) in [6.45, 7) is 3.06. The van der Waals surface area contributed by atoms with Gasteiger partial charge in [-0.1, -0.05) is 41.9 Å². The van der Waals surface area contributed by atoms with Crippen LogP contribution in [-0.4, -0.2) is 75.6 Å². The Labute approximate surface area is 239 Å². The number of alkyl halides is 1. The molecule has 0 radical (unpaired) electrons. The number of halogens is 1. The number of aromatic nitrogens is 4. The molecule has 6 rings (SSSR count). The van der Waals surface area contributed by atoms with Gasteiger partial charge in [-0.2, -0.15) is 20.2 Å². The van der Waals surface area contributed by atoms with Crippen molar-refractivity contribution < 1.29 is 18.4 Å². The summed E-state index contributed by atoms with van der Waals surface area (Å²) in [5, 5.41) is 16.8. The van der Waals surface area contributed by atoms with Gasteiger partial charge in [-0.15, -0.1) is 0 Å². The fourth-order valence-electron chi connectivity index (χ4n) is 6.34. The third-order valence-corrected chi connectivity index (χ3v) is 8.72. The average Bonchev–Trinajstić information content (AvgIpc) is 3.55. The number of hydrogen-bond donors (Lipinski definition) is 1. The third kappa shape index (κ3) is 5.76. The van der Waals surface area contributed by atoms with Crippen LogP contribution in [0.5, 0.6) is 11.8 Å². The number of nitrogens with one attached hydrogen (secondary N) is 1. The van der Waals surface area contributed by atoms with E-state index in [9.17, 15) is 4.39 Å². The molecule has 0 spiro atoms. The van der Waals surface area contributed by atoms with Gasteiger partial charge in [0.15, 0.2) is 0 Å². The smallest absolute Gasteiger partial charge is 0.240 e. The summed E-state index contributed by atoms with van der Waals surface area (Å²) in [4.78, 5) is 16.1. The Bertz CT molecular complexity index is 1380. The van der Waals surface area contributed by atoms with Gasteiger partial charge >= 0.3 is 0 Å². The van der Waals surface area contributed by atoms with Crippen LogP contribution in [0.1, 0.15) is 63.3 Å². The molecule has 216 valence electrons. The van der Waals surface area contributed by atoms with Gasteiger partial charge in [0, 0.05) is 25.0 Å². The van der Waals surface area contributed by atoms with Gasteiger partial charge in [0.2, 0.25) is 29.3 Å². The number of rotatable bonds is 9. The van der Waals surface area contributed by atoms with E-state index in [0.717, 1.165) is 37.8 Å². The van der Waals surface area contributed by atoms with E-state index >= 15 is 0 Å². The first-order valence-electron chi connectivity index (χ1n) is 14.5. The zero-order chi connectivity index (χ0) is 28.4. The molecule has 2 aromatic heterocycles. The molecule has 0 amide bonds. The van der Waals surface area contributed by atoms with Crippen molar-refractivity contribution in [3.63, 3.8) is 0 Å². The summed E-state index contributed by atoms with van der Waals surface area (Å²) in [5.74, 6) is 1.71. The lowest BCUT2D eigenvalue weighted by atomic mass is 9.64. The van der Waals surface area contributed by atoms with Crippen molar-refractivity contribution in [2.45, 2.75) is 87.7 Å². The standard InChI is InChI=1S/C30H36FN7O3/c1-19(24-15-21(31)18-38(24)2)39-25-17-26(40-23-10-14-33-22(16-23)9-13-32)35-27(34-25)28-36-29(41-37-28)30(11-6-12-30)20-7-4-3-5-8-20/h3-5,7-8,17,19,21-24,33H,6,9-12,14-16,18H2,1-2H3/t19-,21+,22+,23-,24-/m0/s1. The lowest BCUT2D eigenvalue weighted by molar-refractivity contribution is 0.113. The van der Waals surface area contributed by atoms with Gasteiger partial charge in [-0.25, -0.2) is 4.39 Å². The summed E-state index contributed by atoms with van der Waals surface area (Å²) < 4.78 is 32.5. The molecule has 2 aliphatic heterocycles. The van der Waals surface area contributed by atoms with Crippen LogP contribution in [0.15, 0.2) is 40.9 Å². The van der Waals surface area contributed by atoms with E-state index in [4.69, 9.17) is 24.2 Å². The summed E-state index contributed by atoms with van der Waals surface area (Å²) in [6.07, 6.45) is 3.93. The third-order valence-electron chi connectivity index (χ3n) is 8.72. The average molecular weight is 562 g/mol. The normalized spacial score (nSPS) is 26.6. The van der Waals surface area contributed by atoms with Crippen LogP contribution in [0.2, 0.25) is 0 Å². The van der Waals surface area contributed by atoms with Gasteiger partial charge in [0.25, 0.3) is 0 Å². The molecule has 3 fully saturated rings. The van der Waals surface area contributed by atoms with Crippen LogP contribution in [0.3, 0.4) is 0 Å². The summed E-state index contributed by atoms with van der Waals surface area (Å²) in [7, 11) is 1.91. The van der Waals surface area contributed by atoms with E-state index in [2.05, 4.69) is 38.6 Å². The molecule has 2 saturated heterocycles. The van der Waals surface area contributed by atoms with Gasteiger partial charge in [-0.05, 0) is 51.8 Å². The predicted molar refractivity (Wildman–Crippen MR) is 148 cm³/mol. The van der Waals surface area contributed by atoms with Crippen LogP contribution < -0.4 is 14.8 Å². The molecule has 1 N–H and O–H groups in total. The molecule has 11 heteroatoms. The highest BCUT2D eigenvalue weighted by Crippen LogP contribution is 2.48. The Morgan fingerprint density at radius 3 is 2.68 bits per heavy atom. The summed E-state index contributed by atoms with van der Waals surface area (Å²) in [6, 6.07) is 14.1. The number of piperidine rings is 1. The van der Waals surface area contributed by atoms with Crippen LogP contribution in [0.4, 0.5) is 4.39 Å². The number of nitriles is 1. The van der Waals surface area contributed by atoms with Crippen LogP contribution in [-0.2, 0) is 5.41 Å². The number of likely N-dealkylation sites (N-methyl/N-ethyl adjacent to an activating group) is 1. The largest absolute Gasteiger partial charge is 0.474 e. The molecule has 3 aliphatic rings. The monoisotopic (exact) mass is 561 g/mol. The Balaban J connectivity index is 1.29. The van der Waals surface area contributed by atoms with Crippen LogP contribution >= 0.6 is 0 Å². The molecule has 3 aromatic rings. The van der Waals surface area contributed by atoms with Crippen molar-refractivity contribution in [2.75, 3.05) is 20.1 Å². The van der Waals surface area contributed by atoms with Crippen molar-refractivity contribution in [1.29, 1.82) is 5.26 Å². The highest BCUT2D eigenvalue weighted by Gasteiger charge is 2.45. The molecular formula is C30H36FN7O3. The number of hydrogen-bond acceptors (Lipinski definition) is 10. The zero-order valence-electron chi connectivity index (χ0n) is 23.5. The first-order valence-corrected chi connectivity index (χ1v) is 14.5. The van der Waals surface area contributed by atoms with E-state index in [1.165, 1.54) is 0 Å². The van der Waals surface area contributed by atoms with Crippen molar-refractivity contribution >= 4 is 0 Å². The first-order chi connectivity index (χ1) is 19.9. The molecule has 0 bridgehead atoms. The molecule has 1 aliphatic carbocycles. The molecule has 0 unspecified atom stereocenters. The minimum absolute atomic E-state index is 0.0683. The van der Waals surface area contributed by atoms with E-state index < -0.39 is 6.17 Å². The molecule has 10 nitrogen and oxygen atoms in total. The second kappa shape index (κ2) is 11.7. The fourth-order valence-corrected chi connectivity index (χ4v) is 6.34. The Morgan fingerprint density at radius 2 is 1.98 bits per heavy atom. The van der Waals surface area contributed by atoms with Crippen molar-refractivity contribution in [2.24, 2.45) is 0 Å². The highest BCUT2D eigenvalue weighted by atomic mass is 19.1. The van der Waals surface area contributed by atoms with Crippen LogP contribution in [0.25, 0.3) is 11.6 Å². The van der Waals surface area contributed by atoms with Gasteiger partial charge in [-0.3, -0.25) is 4.90 Å². The van der Waals surface area contributed by atoms with Crippen molar-refractivity contribution in [1.82, 2.24) is 30.3 Å². The lowest BCUT2D eigenvalue weighted by Gasteiger charge is -2.38. The summed E-state index contributed by atoms with van der Waals surface area (Å²) >= 11 is 0. The minimum atomic E-state index is -0.877. The number of ether oxygens (including phenoxy) is 2. The molecule has 1 saturated carbocycles. The Morgan fingerprint density at radius 1 is 1.17 bits per heavy atom. The number of likely N-dealkylation sites (tertiary alicyclic amines) is 1. The molecule has 4 heterocycles. The fraction of sp³-hybridized carbons (Fsp3) is 0.567. The summed E-state index contributed by atoms with van der Waals surface area (Å²) in [5.41, 5.74) is 0.844. The van der Waals surface area contributed by atoms with E-state index in [1.807, 2.05) is 37.1 Å². The lowest BCUT2D eigenvalue weighted by Crippen LogP contribution is -2.42. The SMILES string of the molecule is C[C@H](Oc1cc(O[C@H]2CCN[C@H](CC#N)C2)nc(-c2noc(C3(c4ccccc4)CCC3)n2)n1)[C@@H]1C[C@@H](F)CN1C. The molecule has 41 heavy (non-hydrogen) atoms. The molecular weight excluding hydrogens is 525 g/mol. The number of benzene rings is 1. The van der Waals surface area contributed by atoms with Gasteiger partial charge in [0.1, 0.15) is 18.4 Å².